The first kappa shape index (κ1) is 43.8. The molecule has 10 rings (SSSR count). The number of pyridine rings is 2. The van der Waals surface area contributed by atoms with E-state index in [1.165, 1.54) is 0 Å². The van der Waals surface area contributed by atoms with E-state index in [1.54, 1.807) is 11.8 Å². The minimum atomic E-state index is -0.469. The molecule has 0 radical (unpaired) electrons. The predicted molar refractivity (Wildman–Crippen MR) is 253 cm³/mol. The topological polar surface area (TPSA) is 177 Å². The van der Waals surface area contributed by atoms with Gasteiger partial charge in [0.25, 0.3) is 5.91 Å². The average molecular weight is 899 g/mol. The number of rotatable bonds is 7. The van der Waals surface area contributed by atoms with E-state index in [2.05, 4.69) is 65.4 Å². The van der Waals surface area contributed by atoms with Crippen LogP contribution in [-0.4, -0.2) is 123 Å². The number of anilines is 4. The molecule has 4 aliphatic heterocycles. The average Bonchev–Trinajstić information content (AvgIpc) is 3.97. The number of fused-ring (bicyclic) bond motifs is 9. The second-order valence-corrected chi connectivity index (χ2v) is 19.2. The fourth-order valence-corrected chi connectivity index (χ4v) is 11.5. The number of nitrogens with zero attached hydrogens (tertiary/aromatic N) is 9. The number of ether oxygens (including phenoxy) is 2. The van der Waals surface area contributed by atoms with E-state index in [0.717, 1.165) is 122 Å². The Morgan fingerprint density at radius 3 is 2.45 bits per heavy atom. The van der Waals surface area contributed by atoms with Gasteiger partial charge in [-0.15, -0.1) is 0 Å². The molecule has 8 heterocycles. The Kier molecular flexibility index (Phi) is 11.9. The van der Waals surface area contributed by atoms with Gasteiger partial charge in [0.1, 0.15) is 11.9 Å². The molecule has 1 saturated carbocycles. The van der Waals surface area contributed by atoms with E-state index >= 15 is 0 Å². The third kappa shape index (κ3) is 8.58. The van der Waals surface area contributed by atoms with Crippen LogP contribution in [0.25, 0.3) is 22.3 Å². The predicted octanol–water partition coefficient (Wildman–Crippen LogP) is 5.54. The SMILES string of the molecule is COC[C@@H]1CN(c2ccc3nc4n(c3c2)C[C@@H]2CC[C@H](COc3c(c(C)nn3C)-c3cc(cc(C)n3)C(=O)N4)C2)CCN1C1CCN(c2c(C)cc(NC3CCC(=O)NC3=O)nc2C)CC1. The maximum Gasteiger partial charge on any atom is 0.258 e. The number of imidazole rings is 1. The third-order valence-corrected chi connectivity index (χ3v) is 14.6. The molecule has 66 heavy (non-hydrogen) atoms. The summed E-state index contributed by atoms with van der Waals surface area (Å²) < 4.78 is 16.5. The van der Waals surface area contributed by atoms with Crippen LogP contribution in [0.15, 0.2) is 36.4 Å². The van der Waals surface area contributed by atoms with Gasteiger partial charge in [0.2, 0.25) is 23.6 Å². The van der Waals surface area contributed by atoms with Gasteiger partial charge in [-0.05, 0) is 120 Å². The molecule has 4 atom stereocenters. The molecule has 4 aromatic heterocycles. The van der Waals surface area contributed by atoms with E-state index in [9.17, 15) is 14.4 Å². The Hall–Kier alpha value is -6.07. The molecular formula is C49H62N12O5. The number of carbonyl (C=O) groups is 3. The van der Waals surface area contributed by atoms with Gasteiger partial charge in [-0.25, -0.2) is 14.6 Å². The summed E-state index contributed by atoms with van der Waals surface area (Å²) in [7, 11) is 3.70. The van der Waals surface area contributed by atoms with E-state index in [4.69, 9.17) is 24.4 Å². The van der Waals surface area contributed by atoms with Crippen molar-refractivity contribution in [3.8, 4) is 17.1 Å². The van der Waals surface area contributed by atoms with Gasteiger partial charge in [0, 0.05) is 82.8 Å². The summed E-state index contributed by atoms with van der Waals surface area (Å²) in [5, 5.41) is 13.6. The Morgan fingerprint density at radius 2 is 1.67 bits per heavy atom. The number of hydrogen-bond acceptors (Lipinski definition) is 13. The Bertz CT molecular complexity index is 2660. The number of amides is 3. The standard InChI is InChI=1S/C49H62N12O5/c1-28-19-42(52-39-11-12-43(62)54-47(39)64)51-31(4)45(28)58-15-13-35(14-16-58)60-18-17-59(25-37(60)27-65-6)36-9-10-38-41(23-36)61-24-32-7-8-33(21-32)26-66-48-44(30(3)56-57(48)5)40-22-34(20-29(2)50-40)46(63)55-49(61)53-38/h9-10,19-20,22-23,32-33,35,37,39H,7-8,11-18,21,24-27H2,1-6H3,(H,51,52)(H,53,55,63)(H,54,62,64)/t32-,33+,37+,39?/m1/s1. The van der Waals surface area contributed by atoms with E-state index < -0.39 is 6.04 Å². The quantitative estimate of drug-likeness (QED) is 0.174. The molecule has 1 aliphatic carbocycles. The summed E-state index contributed by atoms with van der Waals surface area (Å²) in [6.07, 6.45) is 6.02. The minimum Gasteiger partial charge on any atom is -0.477 e. The second kappa shape index (κ2) is 18.0. The number of aryl methyl sites for hydroxylation is 5. The summed E-state index contributed by atoms with van der Waals surface area (Å²) in [6, 6.07) is 12.4. The van der Waals surface area contributed by atoms with Crippen LogP contribution in [0.4, 0.5) is 23.1 Å². The van der Waals surface area contributed by atoms with Crippen molar-refractivity contribution in [3.63, 3.8) is 0 Å². The monoisotopic (exact) mass is 898 g/mol. The van der Waals surface area contributed by atoms with Crippen molar-refractivity contribution in [2.75, 3.05) is 73.5 Å². The summed E-state index contributed by atoms with van der Waals surface area (Å²) in [6.45, 7) is 14.5. The second-order valence-electron chi connectivity index (χ2n) is 19.2. The zero-order valence-electron chi connectivity index (χ0n) is 39.0. The fraction of sp³-hybridized carbons (Fsp3) is 0.531. The van der Waals surface area contributed by atoms with Crippen molar-refractivity contribution in [2.45, 2.75) is 97.3 Å². The molecule has 17 nitrogen and oxygen atoms in total. The number of piperidine rings is 2. The van der Waals surface area contributed by atoms with Crippen LogP contribution in [0.1, 0.15) is 77.9 Å². The number of carbonyl (C=O) groups excluding carboxylic acids is 3. The van der Waals surface area contributed by atoms with Crippen LogP contribution in [0.2, 0.25) is 0 Å². The van der Waals surface area contributed by atoms with Crippen LogP contribution in [-0.2, 0) is 27.9 Å². The zero-order chi connectivity index (χ0) is 45.8. The van der Waals surface area contributed by atoms with E-state index in [0.29, 0.717) is 72.8 Å². The summed E-state index contributed by atoms with van der Waals surface area (Å²) >= 11 is 0. The van der Waals surface area contributed by atoms with Crippen molar-refractivity contribution < 1.29 is 23.9 Å². The molecule has 4 bridgehead atoms. The third-order valence-electron chi connectivity index (χ3n) is 14.6. The zero-order valence-corrected chi connectivity index (χ0v) is 39.0. The summed E-state index contributed by atoms with van der Waals surface area (Å²) in [5.41, 5.74) is 9.77. The number of nitrogens with one attached hydrogen (secondary N) is 3. The highest BCUT2D eigenvalue weighted by molar-refractivity contribution is 6.05. The van der Waals surface area contributed by atoms with Crippen molar-refractivity contribution >= 4 is 51.9 Å². The number of benzene rings is 1. The van der Waals surface area contributed by atoms with Crippen molar-refractivity contribution in [1.82, 2.24) is 39.5 Å². The highest BCUT2D eigenvalue weighted by Gasteiger charge is 2.36. The molecular weight excluding hydrogens is 837 g/mol. The Balaban J connectivity index is 0.852. The largest absolute Gasteiger partial charge is 0.477 e. The van der Waals surface area contributed by atoms with Gasteiger partial charge in [0.05, 0.1) is 58.6 Å². The Morgan fingerprint density at radius 1 is 0.848 bits per heavy atom. The first-order valence-corrected chi connectivity index (χ1v) is 23.7. The lowest BCUT2D eigenvalue weighted by Gasteiger charge is -2.48. The van der Waals surface area contributed by atoms with Crippen LogP contribution < -0.4 is 30.5 Å². The Labute approximate surface area is 385 Å². The molecule has 3 amide bonds. The first-order chi connectivity index (χ1) is 31.9. The molecule has 3 saturated heterocycles. The molecule has 5 aliphatic rings. The molecule has 5 aromatic rings. The molecule has 1 unspecified atom stereocenters. The molecule has 348 valence electrons. The fourth-order valence-electron chi connectivity index (χ4n) is 11.5. The van der Waals surface area contributed by atoms with Gasteiger partial charge in [-0.3, -0.25) is 34.9 Å². The number of imide groups is 1. The molecule has 4 fully saturated rings. The van der Waals surface area contributed by atoms with Gasteiger partial charge in [-0.1, -0.05) is 0 Å². The highest BCUT2D eigenvalue weighted by Crippen LogP contribution is 2.39. The van der Waals surface area contributed by atoms with E-state index in [-0.39, 0.29) is 23.8 Å². The lowest BCUT2D eigenvalue weighted by atomic mass is 9.98. The first-order valence-electron chi connectivity index (χ1n) is 23.7. The minimum absolute atomic E-state index is 0.221. The number of aromatic nitrogens is 6. The lowest BCUT2D eigenvalue weighted by molar-refractivity contribution is -0.133. The number of piperazine rings is 1. The van der Waals surface area contributed by atoms with Gasteiger partial charge in [0.15, 0.2) is 0 Å². The van der Waals surface area contributed by atoms with Crippen molar-refractivity contribution in [2.24, 2.45) is 18.9 Å². The lowest BCUT2D eigenvalue weighted by Crippen LogP contribution is -2.60. The van der Waals surface area contributed by atoms with Crippen molar-refractivity contribution in [1.29, 1.82) is 0 Å². The van der Waals surface area contributed by atoms with Crippen LogP contribution >= 0.6 is 0 Å². The smallest absolute Gasteiger partial charge is 0.258 e. The molecule has 17 heteroatoms. The maximum atomic E-state index is 14.2. The van der Waals surface area contributed by atoms with Crippen LogP contribution in [0.5, 0.6) is 5.88 Å². The van der Waals surface area contributed by atoms with Gasteiger partial charge in [-0.2, -0.15) is 5.10 Å². The van der Waals surface area contributed by atoms with Crippen LogP contribution in [0.3, 0.4) is 0 Å². The van der Waals surface area contributed by atoms with Gasteiger partial charge >= 0.3 is 0 Å². The van der Waals surface area contributed by atoms with Crippen molar-refractivity contribution in [3.05, 3.63) is 64.6 Å². The summed E-state index contributed by atoms with van der Waals surface area (Å²) in [5.74, 6) is 1.96. The number of hydrogen-bond donors (Lipinski definition) is 3. The maximum absolute atomic E-state index is 14.2. The van der Waals surface area contributed by atoms with Gasteiger partial charge < -0.3 is 29.2 Å². The van der Waals surface area contributed by atoms with Crippen LogP contribution in [0, 0.1) is 39.5 Å². The molecule has 3 N–H and O–H groups in total. The molecule has 0 spiro atoms. The molecule has 1 aromatic carbocycles. The number of methoxy groups -OCH3 is 1. The summed E-state index contributed by atoms with van der Waals surface area (Å²) in [4.78, 5) is 60.6. The van der Waals surface area contributed by atoms with E-state index in [1.807, 2.05) is 46.0 Å². The normalized spacial score (nSPS) is 23.2. The highest BCUT2D eigenvalue weighted by atomic mass is 16.5.